The van der Waals surface area contributed by atoms with Gasteiger partial charge in [0.2, 0.25) is 0 Å². The first-order valence-corrected chi connectivity index (χ1v) is 8.94. The van der Waals surface area contributed by atoms with Crippen molar-refractivity contribution in [3.8, 4) is 9.88 Å². The molecule has 0 radical (unpaired) electrons. The van der Waals surface area contributed by atoms with Crippen LogP contribution in [0.3, 0.4) is 0 Å². The molecule has 1 atom stereocenters. The molecule has 2 N–H and O–H groups in total. The van der Waals surface area contributed by atoms with Gasteiger partial charge in [0.15, 0.2) is 0 Å². The lowest BCUT2D eigenvalue weighted by atomic mass is 10.00. The molecule has 1 fully saturated rings. The van der Waals surface area contributed by atoms with E-state index in [4.69, 9.17) is 0 Å². The van der Waals surface area contributed by atoms with Gasteiger partial charge in [-0.2, -0.15) is 0 Å². The first-order valence-electron chi connectivity index (χ1n) is 7.24. The number of nitrogens with zero attached hydrogens (tertiary/aromatic N) is 1. The van der Waals surface area contributed by atoms with E-state index in [1.54, 1.807) is 11.3 Å². The normalized spacial score (nSPS) is 18.6. The van der Waals surface area contributed by atoms with Crippen LogP contribution in [0.4, 0.5) is 0 Å². The van der Waals surface area contributed by atoms with Crippen molar-refractivity contribution in [1.29, 1.82) is 0 Å². The molecule has 3 rings (SSSR count). The molecule has 1 aliphatic heterocycles. The van der Waals surface area contributed by atoms with E-state index in [2.05, 4.69) is 15.6 Å². The predicted octanol–water partition coefficient (Wildman–Crippen LogP) is 2.91. The van der Waals surface area contributed by atoms with Crippen LogP contribution in [0.2, 0.25) is 0 Å². The lowest BCUT2D eigenvalue weighted by Crippen LogP contribution is -2.38. The summed E-state index contributed by atoms with van der Waals surface area (Å²) in [4.78, 5) is 18.7. The highest BCUT2D eigenvalue weighted by Crippen LogP contribution is 2.30. The van der Waals surface area contributed by atoms with Crippen molar-refractivity contribution in [2.75, 3.05) is 19.6 Å². The van der Waals surface area contributed by atoms with Crippen molar-refractivity contribution in [3.63, 3.8) is 0 Å². The molecule has 0 saturated carbocycles. The third-order valence-corrected chi connectivity index (χ3v) is 5.88. The lowest BCUT2D eigenvalue weighted by molar-refractivity contribution is 0.0948. The molecule has 0 aliphatic carbocycles. The Labute approximate surface area is 132 Å². The number of carbonyl (C=O) groups excluding carboxylic acids is 1. The van der Waals surface area contributed by atoms with Gasteiger partial charge in [-0.3, -0.25) is 4.79 Å². The van der Waals surface area contributed by atoms with Crippen LogP contribution in [0.25, 0.3) is 9.88 Å². The Morgan fingerprint density at radius 1 is 1.57 bits per heavy atom. The lowest BCUT2D eigenvalue weighted by Gasteiger charge is -2.22. The first kappa shape index (κ1) is 14.7. The molecule has 112 valence electrons. The number of hydrogen-bond donors (Lipinski definition) is 2. The summed E-state index contributed by atoms with van der Waals surface area (Å²) in [7, 11) is 0. The zero-order valence-corrected chi connectivity index (χ0v) is 13.6. The Balaban J connectivity index is 1.64. The third kappa shape index (κ3) is 3.51. The van der Waals surface area contributed by atoms with Crippen molar-refractivity contribution in [3.05, 3.63) is 28.1 Å². The van der Waals surface area contributed by atoms with Crippen LogP contribution in [0, 0.1) is 12.8 Å². The maximum atomic E-state index is 12.3. The Kier molecular flexibility index (Phi) is 4.67. The molecule has 1 unspecified atom stereocenters. The number of thiazole rings is 1. The fourth-order valence-electron chi connectivity index (χ4n) is 2.53. The Morgan fingerprint density at radius 3 is 3.19 bits per heavy atom. The minimum atomic E-state index is 0.0124. The molecule has 4 nitrogen and oxygen atoms in total. The van der Waals surface area contributed by atoms with Crippen LogP contribution in [0.15, 0.2) is 17.5 Å². The standard InChI is InChI=1S/C15H19N3OS2/c1-10-13(21-15(18-10)12-5-3-7-20-12)14(19)17-9-11-4-2-6-16-8-11/h3,5,7,11,16H,2,4,6,8-9H2,1H3,(H,17,19). The van der Waals surface area contributed by atoms with E-state index in [9.17, 15) is 4.79 Å². The monoisotopic (exact) mass is 321 g/mol. The summed E-state index contributed by atoms with van der Waals surface area (Å²) in [5.74, 6) is 0.561. The molecule has 0 bridgehead atoms. The van der Waals surface area contributed by atoms with E-state index in [0.717, 1.165) is 40.1 Å². The number of piperidine rings is 1. The van der Waals surface area contributed by atoms with E-state index in [1.807, 2.05) is 24.4 Å². The van der Waals surface area contributed by atoms with Crippen molar-refractivity contribution in [2.45, 2.75) is 19.8 Å². The number of thiophene rings is 1. The van der Waals surface area contributed by atoms with Crippen LogP contribution in [0.1, 0.15) is 28.2 Å². The highest BCUT2D eigenvalue weighted by Gasteiger charge is 2.19. The highest BCUT2D eigenvalue weighted by atomic mass is 32.1. The maximum absolute atomic E-state index is 12.3. The van der Waals surface area contributed by atoms with E-state index in [1.165, 1.54) is 24.2 Å². The number of amides is 1. The summed E-state index contributed by atoms with van der Waals surface area (Å²) < 4.78 is 0. The fraction of sp³-hybridized carbons (Fsp3) is 0.467. The third-order valence-electron chi connectivity index (χ3n) is 3.69. The number of aromatic nitrogens is 1. The van der Waals surface area contributed by atoms with Crippen molar-refractivity contribution >= 4 is 28.6 Å². The molecule has 0 aromatic carbocycles. The minimum absolute atomic E-state index is 0.0124. The topological polar surface area (TPSA) is 54.0 Å². The molecule has 2 aromatic rings. The van der Waals surface area contributed by atoms with Gasteiger partial charge in [0.05, 0.1) is 10.6 Å². The predicted molar refractivity (Wildman–Crippen MR) is 88.1 cm³/mol. The van der Waals surface area contributed by atoms with Crippen LogP contribution in [-0.2, 0) is 0 Å². The van der Waals surface area contributed by atoms with Gasteiger partial charge in [-0.15, -0.1) is 22.7 Å². The summed E-state index contributed by atoms with van der Waals surface area (Å²) in [6, 6.07) is 4.05. The first-order chi connectivity index (χ1) is 10.2. The van der Waals surface area contributed by atoms with E-state index < -0.39 is 0 Å². The van der Waals surface area contributed by atoms with Crippen molar-refractivity contribution in [2.24, 2.45) is 5.92 Å². The van der Waals surface area contributed by atoms with Gasteiger partial charge >= 0.3 is 0 Å². The Morgan fingerprint density at radius 2 is 2.48 bits per heavy atom. The molecule has 6 heteroatoms. The molecule has 1 saturated heterocycles. The highest BCUT2D eigenvalue weighted by molar-refractivity contribution is 7.22. The molecular weight excluding hydrogens is 302 g/mol. The second-order valence-corrected chi connectivity index (χ2v) is 7.28. The Bertz CT molecular complexity index is 600. The van der Waals surface area contributed by atoms with Crippen molar-refractivity contribution < 1.29 is 4.79 Å². The molecule has 2 aromatic heterocycles. The summed E-state index contributed by atoms with van der Waals surface area (Å²) in [6.45, 7) is 4.76. The van der Waals surface area contributed by atoms with Crippen LogP contribution >= 0.6 is 22.7 Å². The summed E-state index contributed by atoms with van der Waals surface area (Å²) in [5.41, 5.74) is 0.822. The summed E-state index contributed by atoms with van der Waals surface area (Å²) >= 11 is 3.14. The van der Waals surface area contributed by atoms with E-state index in [0.29, 0.717) is 5.92 Å². The van der Waals surface area contributed by atoms with Gasteiger partial charge in [0.25, 0.3) is 5.91 Å². The summed E-state index contributed by atoms with van der Waals surface area (Å²) in [5, 5.41) is 9.40. The van der Waals surface area contributed by atoms with Crippen LogP contribution in [0.5, 0.6) is 0 Å². The molecule has 1 aliphatic rings. The maximum Gasteiger partial charge on any atom is 0.263 e. The van der Waals surface area contributed by atoms with E-state index >= 15 is 0 Å². The quantitative estimate of drug-likeness (QED) is 0.910. The zero-order chi connectivity index (χ0) is 14.7. The van der Waals surface area contributed by atoms with Gasteiger partial charge in [-0.25, -0.2) is 4.98 Å². The number of rotatable bonds is 4. The van der Waals surface area contributed by atoms with Gasteiger partial charge in [0, 0.05) is 6.54 Å². The zero-order valence-electron chi connectivity index (χ0n) is 12.0. The second-order valence-electron chi connectivity index (χ2n) is 5.33. The average molecular weight is 321 g/mol. The number of carbonyl (C=O) groups is 1. The van der Waals surface area contributed by atoms with Gasteiger partial charge in [-0.05, 0) is 50.2 Å². The van der Waals surface area contributed by atoms with Crippen LogP contribution < -0.4 is 10.6 Å². The smallest absolute Gasteiger partial charge is 0.263 e. The Hall–Kier alpha value is -1.24. The summed E-state index contributed by atoms with van der Waals surface area (Å²) in [6.07, 6.45) is 2.39. The molecular formula is C15H19N3OS2. The molecule has 0 spiro atoms. The van der Waals surface area contributed by atoms with Crippen LogP contribution in [-0.4, -0.2) is 30.5 Å². The average Bonchev–Trinajstić information content (AvgIpc) is 3.15. The van der Waals surface area contributed by atoms with Crippen molar-refractivity contribution in [1.82, 2.24) is 15.6 Å². The largest absolute Gasteiger partial charge is 0.351 e. The number of nitrogens with one attached hydrogen (secondary N) is 2. The van der Waals surface area contributed by atoms with Gasteiger partial charge in [-0.1, -0.05) is 6.07 Å². The fourth-order valence-corrected chi connectivity index (χ4v) is 4.31. The molecule has 1 amide bonds. The molecule has 3 heterocycles. The number of hydrogen-bond acceptors (Lipinski definition) is 5. The number of aryl methyl sites for hydroxylation is 1. The van der Waals surface area contributed by atoms with Gasteiger partial charge in [0.1, 0.15) is 9.88 Å². The SMILES string of the molecule is Cc1nc(-c2cccs2)sc1C(=O)NCC1CCCNC1. The molecule has 21 heavy (non-hydrogen) atoms. The minimum Gasteiger partial charge on any atom is -0.351 e. The van der Waals surface area contributed by atoms with E-state index in [-0.39, 0.29) is 5.91 Å². The second kappa shape index (κ2) is 6.68. The van der Waals surface area contributed by atoms with Gasteiger partial charge < -0.3 is 10.6 Å².